The van der Waals surface area contributed by atoms with Crippen molar-refractivity contribution in [1.29, 1.82) is 0 Å². The van der Waals surface area contributed by atoms with E-state index in [0.29, 0.717) is 5.92 Å². The molecule has 27 heavy (non-hydrogen) atoms. The number of nitrogens with one attached hydrogen (secondary N) is 1. The van der Waals surface area contributed by atoms with E-state index >= 15 is 0 Å². The van der Waals surface area contributed by atoms with Crippen LogP contribution < -0.4 is 5.32 Å². The van der Waals surface area contributed by atoms with Crippen molar-refractivity contribution in [3.05, 3.63) is 59.9 Å². The van der Waals surface area contributed by atoms with Gasteiger partial charge >= 0.3 is 0 Å². The maximum atomic E-state index is 4.67. The minimum atomic E-state index is 0.358. The predicted octanol–water partition coefficient (Wildman–Crippen LogP) is 3.04. The Morgan fingerprint density at radius 2 is 2.11 bits per heavy atom. The van der Waals surface area contributed by atoms with Crippen LogP contribution in [0.15, 0.2) is 43.0 Å². The van der Waals surface area contributed by atoms with Crippen molar-refractivity contribution in [3.8, 4) is 0 Å². The number of pyridine rings is 1. The SMILES string of the molecule is Cc1cccc(Nc2nccnc2[C@@H]2CCCN(Cc3cnn(C)c3)C2)n1. The number of likely N-dealkylation sites (tertiary alicyclic amines) is 1. The molecule has 0 aromatic carbocycles. The summed E-state index contributed by atoms with van der Waals surface area (Å²) in [4.78, 5) is 16.2. The van der Waals surface area contributed by atoms with Gasteiger partial charge in [-0.1, -0.05) is 6.07 Å². The third-order valence-corrected chi connectivity index (χ3v) is 4.92. The maximum Gasteiger partial charge on any atom is 0.153 e. The Morgan fingerprint density at radius 3 is 2.93 bits per heavy atom. The lowest BCUT2D eigenvalue weighted by Gasteiger charge is -2.32. The molecule has 0 amide bonds. The van der Waals surface area contributed by atoms with Crippen molar-refractivity contribution in [1.82, 2.24) is 29.6 Å². The van der Waals surface area contributed by atoms with Crippen LogP contribution >= 0.6 is 0 Å². The van der Waals surface area contributed by atoms with E-state index in [1.54, 1.807) is 12.4 Å². The number of aromatic nitrogens is 5. The van der Waals surface area contributed by atoms with Gasteiger partial charge < -0.3 is 5.32 Å². The summed E-state index contributed by atoms with van der Waals surface area (Å²) in [5, 5.41) is 7.64. The Kier molecular flexibility index (Phi) is 5.11. The fraction of sp³-hybridized carbons (Fsp3) is 0.400. The maximum absolute atomic E-state index is 4.67. The molecule has 140 valence electrons. The van der Waals surface area contributed by atoms with Crippen molar-refractivity contribution in [2.24, 2.45) is 7.05 Å². The molecule has 0 saturated carbocycles. The minimum absolute atomic E-state index is 0.358. The molecule has 4 heterocycles. The lowest BCUT2D eigenvalue weighted by molar-refractivity contribution is 0.198. The van der Waals surface area contributed by atoms with E-state index in [2.05, 4.69) is 36.5 Å². The highest BCUT2D eigenvalue weighted by molar-refractivity contribution is 5.55. The van der Waals surface area contributed by atoms with Gasteiger partial charge in [0, 0.05) is 55.9 Å². The van der Waals surface area contributed by atoms with E-state index in [4.69, 9.17) is 0 Å². The van der Waals surface area contributed by atoms with Gasteiger partial charge in [0.25, 0.3) is 0 Å². The molecular formula is C20H25N7. The molecule has 0 aliphatic carbocycles. The van der Waals surface area contributed by atoms with Gasteiger partial charge in [0.05, 0.1) is 11.9 Å². The first-order valence-electron chi connectivity index (χ1n) is 9.39. The Bertz CT molecular complexity index is 905. The van der Waals surface area contributed by atoms with Crippen molar-refractivity contribution >= 4 is 11.6 Å². The third-order valence-electron chi connectivity index (χ3n) is 4.92. The fourth-order valence-electron chi connectivity index (χ4n) is 3.71. The molecule has 0 radical (unpaired) electrons. The average Bonchev–Trinajstić information content (AvgIpc) is 3.07. The molecule has 7 heteroatoms. The van der Waals surface area contributed by atoms with Gasteiger partial charge in [0.1, 0.15) is 5.82 Å². The van der Waals surface area contributed by atoms with E-state index in [1.807, 2.05) is 43.0 Å². The number of rotatable bonds is 5. The highest BCUT2D eigenvalue weighted by Gasteiger charge is 2.25. The van der Waals surface area contributed by atoms with Crippen molar-refractivity contribution in [2.75, 3.05) is 18.4 Å². The van der Waals surface area contributed by atoms with Crippen molar-refractivity contribution < 1.29 is 0 Å². The van der Waals surface area contributed by atoms with E-state index in [-0.39, 0.29) is 0 Å². The first kappa shape index (κ1) is 17.6. The Morgan fingerprint density at radius 1 is 1.22 bits per heavy atom. The topological polar surface area (TPSA) is 71.8 Å². The van der Waals surface area contributed by atoms with E-state index in [0.717, 1.165) is 55.5 Å². The van der Waals surface area contributed by atoms with Gasteiger partial charge in [-0.05, 0) is 38.4 Å². The minimum Gasteiger partial charge on any atom is -0.323 e. The molecule has 7 nitrogen and oxygen atoms in total. The Hall–Kier alpha value is -2.80. The van der Waals surface area contributed by atoms with Gasteiger partial charge in [-0.3, -0.25) is 14.6 Å². The molecular weight excluding hydrogens is 338 g/mol. The second-order valence-electron chi connectivity index (χ2n) is 7.18. The van der Waals surface area contributed by atoms with Gasteiger partial charge in [-0.2, -0.15) is 5.10 Å². The number of anilines is 2. The quantitative estimate of drug-likeness (QED) is 0.751. The van der Waals surface area contributed by atoms with Gasteiger partial charge in [-0.25, -0.2) is 9.97 Å². The molecule has 1 aliphatic rings. The second kappa shape index (κ2) is 7.84. The molecule has 0 spiro atoms. The lowest BCUT2D eigenvalue weighted by atomic mass is 9.94. The molecule has 1 saturated heterocycles. The van der Waals surface area contributed by atoms with Crippen LogP contribution in [0.2, 0.25) is 0 Å². The normalized spacial score (nSPS) is 17.8. The van der Waals surface area contributed by atoms with Gasteiger partial charge in [-0.15, -0.1) is 0 Å². The standard InChI is InChI=1S/C20H25N7/c1-15-5-3-7-18(24-15)25-20-19(21-8-9-22-20)17-6-4-10-27(14-17)13-16-11-23-26(2)12-16/h3,5,7-9,11-12,17H,4,6,10,13-14H2,1-2H3,(H,22,24,25)/t17-/m1/s1. The monoisotopic (exact) mass is 363 g/mol. The number of hydrogen-bond donors (Lipinski definition) is 1. The predicted molar refractivity (Wildman–Crippen MR) is 105 cm³/mol. The summed E-state index contributed by atoms with van der Waals surface area (Å²) >= 11 is 0. The van der Waals surface area contributed by atoms with Gasteiger partial charge in [0.15, 0.2) is 5.82 Å². The number of nitrogens with zero attached hydrogens (tertiary/aromatic N) is 6. The van der Waals surface area contributed by atoms with Crippen LogP contribution in [0.4, 0.5) is 11.6 Å². The number of piperidine rings is 1. The summed E-state index contributed by atoms with van der Waals surface area (Å²) < 4.78 is 1.86. The second-order valence-corrected chi connectivity index (χ2v) is 7.18. The van der Waals surface area contributed by atoms with Crippen LogP contribution in [-0.4, -0.2) is 42.7 Å². The molecule has 4 rings (SSSR count). The Balaban J connectivity index is 1.50. The fourth-order valence-corrected chi connectivity index (χ4v) is 3.71. The Labute approximate surface area is 159 Å². The van der Waals surface area contributed by atoms with Crippen molar-refractivity contribution in [3.63, 3.8) is 0 Å². The summed E-state index contributed by atoms with van der Waals surface area (Å²) in [5.74, 6) is 1.97. The molecule has 1 atom stereocenters. The molecule has 3 aromatic rings. The highest BCUT2D eigenvalue weighted by Crippen LogP contribution is 2.30. The first-order chi connectivity index (χ1) is 13.2. The zero-order valence-electron chi connectivity index (χ0n) is 15.8. The molecule has 3 aromatic heterocycles. The summed E-state index contributed by atoms with van der Waals surface area (Å²) in [6.45, 7) is 4.99. The van der Waals surface area contributed by atoms with E-state index in [9.17, 15) is 0 Å². The third kappa shape index (κ3) is 4.31. The molecule has 1 fully saturated rings. The summed E-state index contributed by atoms with van der Waals surface area (Å²) in [7, 11) is 1.96. The van der Waals surface area contributed by atoms with E-state index < -0.39 is 0 Å². The first-order valence-corrected chi connectivity index (χ1v) is 9.39. The van der Waals surface area contributed by atoms with Crippen LogP contribution in [0.1, 0.15) is 35.7 Å². The zero-order valence-corrected chi connectivity index (χ0v) is 15.8. The summed E-state index contributed by atoms with van der Waals surface area (Å²) in [6.07, 6.45) is 9.83. The van der Waals surface area contributed by atoms with Gasteiger partial charge in [0.2, 0.25) is 0 Å². The smallest absolute Gasteiger partial charge is 0.153 e. The highest BCUT2D eigenvalue weighted by atomic mass is 15.2. The number of aryl methyl sites for hydroxylation is 2. The van der Waals surface area contributed by atoms with Crippen LogP contribution in [0.3, 0.4) is 0 Å². The van der Waals surface area contributed by atoms with Crippen LogP contribution in [0.5, 0.6) is 0 Å². The molecule has 1 N–H and O–H groups in total. The number of hydrogen-bond acceptors (Lipinski definition) is 6. The van der Waals surface area contributed by atoms with Crippen LogP contribution in [0, 0.1) is 6.92 Å². The largest absolute Gasteiger partial charge is 0.323 e. The zero-order chi connectivity index (χ0) is 18.6. The molecule has 0 unspecified atom stereocenters. The van der Waals surface area contributed by atoms with Crippen molar-refractivity contribution in [2.45, 2.75) is 32.2 Å². The summed E-state index contributed by atoms with van der Waals surface area (Å²) in [5.41, 5.74) is 3.25. The van der Waals surface area contributed by atoms with Crippen LogP contribution in [-0.2, 0) is 13.6 Å². The molecule has 1 aliphatic heterocycles. The lowest BCUT2D eigenvalue weighted by Crippen LogP contribution is -2.34. The van der Waals surface area contributed by atoms with E-state index in [1.165, 1.54) is 5.56 Å². The molecule has 0 bridgehead atoms. The summed E-state index contributed by atoms with van der Waals surface area (Å²) in [6, 6.07) is 5.94. The van der Waals surface area contributed by atoms with Crippen LogP contribution in [0.25, 0.3) is 0 Å². The average molecular weight is 363 g/mol.